The lowest BCUT2D eigenvalue weighted by Crippen LogP contribution is -2.29. The maximum absolute atomic E-state index is 11.7. The van der Waals surface area contributed by atoms with E-state index in [2.05, 4.69) is 4.84 Å². The molecular formula is C10H11N3O4S. The molecule has 0 aliphatic rings. The van der Waals surface area contributed by atoms with Crippen LogP contribution in [0.2, 0.25) is 0 Å². The van der Waals surface area contributed by atoms with Crippen LogP contribution in [0.15, 0.2) is 23.1 Å². The van der Waals surface area contributed by atoms with Crippen molar-refractivity contribution in [3.05, 3.63) is 29.3 Å². The van der Waals surface area contributed by atoms with E-state index in [-0.39, 0.29) is 4.90 Å². The van der Waals surface area contributed by atoms with Crippen LogP contribution in [-0.4, -0.2) is 20.9 Å². The molecule has 7 nitrogen and oxygen atoms in total. The van der Waals surface area contributed by atoms with Crippen LogP contribution < -0.4 is 10.6 Å². The number of carbonyl (C=O) groups excluding carboxylic acids is 1. The zero-order valence-corrected chi connectivity index (χ0v) is 10.3. The fraction of sp³-hybridized carbons (Fsp3) is 0.200. The summed E-state index contributed by atoms with van der Waals surface area (Å²) in [7, 11) is -3.89. The maximum atomic E-state index is 11.7. The molecular weight excluding hydrogens is 258 g/mol. The third-order valence-electron chi connectivity index (χ3n) is 2.01. The number of hydrogen-bond acceptors (Lipinski definition) is 5. The molecule has 1 amide bonds. The standard InChI is InChI=1S/C10H11N3O4S/c1-7-4-9(3-2-8(7)5-11)18(15,16)13-17-6-10(12)14/h2-4,13H,6H2,1H3,(H2,12,14). The lowest BCUT2D eigenvalue weighted by molar-refractivity contribution is -0.123. The van der Waals surface area contributed by atoms with Crippen molar-refractivity contribution in [2.45, 2.75) is 11.8 Å². The highest BCUT2D eigenvalue weighted by Crippen LogP contribution is 2.14. The van der Waals surface area contributed by atoms with E-state index in [0.717, 1.165) is 0 Å². The highest BCUT2D eigenvalue weighted by molar-refractivity contribution is 7.89. The van der Waals surface area contributed by atoms with Gasteiger partial charge in [0.05, 0.1) is 16.5 Å². The van der Waals surface area contributed by atoms with Gasteiger partial charge in [-0.15, -0.1) is 0 Å². The molecule has 0 saturated heterocycles. The SMILES string of the molecule is Cc1cc(S(=O)(=O)NOCC(N)=O)ccc1C#N. The van der Waals surface area contributed by atoms with Crippen molar-refractivity contribution >= 4 is 15.9 Å². The van der Waals surface area contributed by atoms with Gasteiger partial charge in [0.1, 0.15) is 6.61 Å². The van der Waals surface area contributed by atoms with Crippen LogP contribution in [-0.2, 0) is 19.7 Å². The number of nitrogens with zero attached hydrogens (tertiary/aromatic N) is 1. The van der Waals surface area contributed by atoms with E-state index >= 15 is 0 Å². The summed E-state index contributed by atoms with van der Waals surface area (Å²) in [4.78, 5) is 16.5. The first kappa shape index (κ1) is 14.1. The number of nitrogens with two attached hydrogens (primary N) is 1. The van der Waals surface area contributed by atoms with Gasteiger partial charge in [0.15, 0.2) is 0 Å². The number of nitrogens with one attached hydrogen (secondary N) is 1. The van der Waals surface area contributed by atoms with E-state index in [1.165, 1.54) is 18.2 Å². The summed E-state index contributed by atoms with van der Waals surface area (Å²) >= 11 is 0. The van der Waals surface area contributed by atoms with Crippen molar-refractivity contribution in [1.82, 2.24) is 4.89 Å². The van der Waals surface area contributed by atoms with Crippen molar-refractivity contribution < 1.29 is 18.0 Å². The molecule has 0 saturated carbocycles. The summed E-state index contributed by atoms with van der Waals surface area (Å²) in [6.45, 7) is 1.05. The van der Waals surface area contributed by atoms with Crippen LogP contribution >= 0.6 is 0 Å². The molecule has 0 spiro atoms. The molecule has 0 bridgehead atoms. The minimum atomic E-state index is -3.89. The summed E-state index contributed by atoms with van der Waals surface area (Å²) in [6, 6.07) is 5.90. The maximum Gasteiger partial charge on any atom is 0.262 e. The summed E-state index contributed by atoms with van der Waals surface area (Å²) in [5.41, 5.74) is 5.69. The van der Waals surface area contributed by atoms with Crippen molar-refractivity contribution in [2.75, 3.05) is 6.61 Å². The Morgan fingerprint density at radius 3 is 2.72 bits per heavy atom. The first-order chi connectivity index (χ1) is 8.36. The Hall–Kier alpha value is -1.95. The zero-order chi connectivity index (χ0) is 13.8. The van der Waals surface area contributed by atoms with Crippen LogP contribution in [0.4, 0.5) is 0 Å². The van der Waals surface area contributed by atoms with Crippen LogP contribution in [0, 0.1) is 18.3 Å². The van der Waals surface area contributed by atoms with Crippen molar-refractivity contribution in [1.29, 1.82) is 5.26 Å². The number of nitriles is 1. The van der Waals surface area contributed by atoms with E-state index in [1.807, 2.05) is 6.07 Å². The largest absolute Gasteiger partial charge is 0.368 e. The molecule has 0 aromatic heterocycles. The fourth-order valence-electron chi connectivity index (χ4n) is 1.16. The van der Waals surface area contributed by atoms with Crippen molar-refractivity contribution in [3.8, 4) is 6.07 Å². The fourth-order valence-corrected chi connectivity index (χ4v) is 2.04. The highest BCUT2D eigenvalue weighted by atomic mass is 32.2. The van der Waals surface area contributed by atoms with Gasteiger partial charge in [0, 0.05) is 0 Å². The summed E-state index contributed by atoms with van der Waals surface area (Å²) in [5, 5.41) is 8.72. The molecule has 1 aromatic rings. The molecule has 0 aliphatic carbocycles. The smallest absolute Gasteiger partial charge is 0.262 e. The summed E-state index contributed by atoms with van der Waals surface area (Å²) in [6.07, 6.45) is 0. The normalized spacial score (nSPS) is 10.9. The second-order valence-corrected chi connectivity index (χ2v) is 5.08. The van der Waals surface area contributed by atoms with E-state index in [4.69, 9.17) is 11.0 Å². The predicted molar refractivity (Wildman–Crippen MR) is 61.4 cm³/mol. The quantitative estimate of drug-likeness (QED) is 0.702. The average Bonchev–Trinajstić information content (AvgIpc) is 2.28. The van der Waals surface area contributed by atoms with Gasteiger partial charge in [-0.3, -0.25) is 9.63 Å². The molecule has 0 heterocycles. The van der Waals surface area contributed by atoms with Gasteiger partial charge in [0.2, 0.25) is 5.91 Å². The topological polar surface area (TPSA) is 122 Å². The molecule has 0 fully saturated rings. The molecule has 1 rings (SSSR count). The second kappa shape index (κ2) is 5.59. The van der Waals surface area contributed by atoms with Crippen LogP contribution in [0.25, 0.3) is 0 Å². The number of sulfonamides is 1. The monoisotopic (exact) mass is 269 g/mol. The number of amides is 1. The Balaban J connectivity index is 2.89. The molecule has 0 unspecified atom stereocenters. The van der Waals surface area contributed by atoms with Crippen LogP contribution in [0.1, 0.15) is 11.1 Å². The molecule has 0 aliphatic heterocycles. The Bertz CT molecular complexity index is 604. The summed E-state index contributed by atoms with van der Waals surface area (Å²) < 4.78 is 23.4. The minimum Gasteiger partial charge on any atom is -0.368 e. The van der Waals surface area contributed by atoms with Gasteiger partial charge in [-0.25, -0.2) is 8.42 Å². The lowest BCUT2D eigenvalue weighted by Gasteiger charge is -2.07. The Kier molecular flexibility index (Phi) is 4.38. The van der Waals surface area contributed by atoms with Gasteiger partial charge in [-0.1, -0.05) is 4.89 Å². The molecule has 96 valence electrons. The van der Waals surface area contributed by atoms with Gasteiger partial charge in [0.25, 0.3) is 10.0 Å². The third-order valence-corrected chi connectivity index (χ3v) is 3.22. The lowest BCUT2D eigenvalue weighted by atomic mass is 10.1. The highest BCUT2D eigenvalue weighted by Gasteiger charge is 2.15. The number of aryl methyl sites for hydroxylation is 1. The third kappa shape index (κ3) is 3.53. The first-order valence-corrected chi connectivity index (χ1v) is 6.28. The van der Waals surface area contributed by atoms with E-state index in [9.17, 15) is 13.2 Å². The number of carbonyl (C=O) groups is 1. The Labute approximate surface area is 104 Å². The number of rotatable bonds is 5. The predicted octanol–water partition coefficient (Wildman–Crippen LogP) is -0.438. The molecule has 18 heavy (non-hydrogen) atoms. The summed E-state index contributed by atoms with van der Waals surface area (Å²) in [5.74, 6) is -0.797. The molecule has 0 radical (unpaired) electrons. The van der Waals surface area contributed by atoms with Crippen LogP contribution in [0.3, 0.4) is 0 Å². The van der Waals surface area contributed by atoms with E-state index < -0.39 is 22.5 Å². The van der Waals surface area contributed by atoms with Gasteiger partial charge in [-0.05, 0) is 30.7 Å². The van der Waals surface area contributed by atoms with Crippen molar-refractivity contribution in [3.63, 3.8) is 0 Å². The Morgan fingerprint density at radius 2 is 2.22 bits per heavy atom. The zero-order valence-electron chi connectivity index (χ0n) is 9.50. The number of benzene rings is 1. The number of hydrogen-bond donors (Lipinski definition) is 2. The van der Waals surface area contributed by atoms with Crippen LogP contribution in [0.5, 0.6) is 0 Å². The first-order valence-electron chi connectivity index (χ1n) is 4.79. The molecule has 3 N–H and O–H groups in total. The molecule has 0 atom stereocenters. The van der Waals surface area contributed by atoms with E-state index in [1.54, 1.807) is 11.8 Å². The molecule has 1 aromatic carbocycles. The number of primary amides is 1. The van der Waals surface area contributed by atoms with E-state index in [0.29, 0.717) is 11.1 Å². The second-order valence-electron chi connectivity index (χ2n) is 3.43. The van der Waals surface area contributed by atoms with Gasteiger partial charge in [-0.2, -0.15) is 5.26 Å². The minimum absolute atomic E-state index is 0.0662. The molecule has 8 heteroatoms. The van der Waals surface area contributed by atoms with Gasteiger partial charge < -0.3 is 5.73 Å². The van der Waals surface area contributed by atoms with Gasteiger partial charge >= 0.3 is 0 Å². The van der Waals surface area contributed by atoms with Crippen molar-refractivity contribution in [2.24, 2.45) is 5.73 Å². The Morgan fingerprint density at radius 1 is 1.56 bits per heavy atom. The average molecular weight is 269 g/mol.